The van der Waals surface area contributed by atoms with E-state index in [0.717, 1.165) is 12.0 Å². The molecule has 112 valence electrons. The van der Waals surface area contributed by atoms with Crippen molar-refractivity contribution in [1.29, 1.82) is 0 Å². The predicted octanol–water partition coefficient (Wildman–Crippen LogP) is 3.69. The largest absolute Gasteiger partial charge is 0.492 e. The van der Waals surface area contributed by atoms with E-state index in [1.165, 1.54) is 0 Å². The highest BCUT2D eigenvalue weighted by Gasteiger charge is 2.23. The van der Waals surface area contributed by atoms with Crippen LogP contribution in [0.2, 0.25) is 10.0 Å². The number of ether oxygens (including phenoxy) is 2. The van der Waals surface area contributed by atoms with Crippen molar-refractivity contribution in [3.63, 3.8) is 0 Å². The summed E-state index contributed by atoms with van der Waals surface area (Å²) in [4.78, 5) is 0. The van der Waals surface area contributed by atoms with Crippen molar-refractivity contribution >= 4 is 23.2 Å². The molecule has 1 unspecified atom stereocenters. The molecule has 0 spiro atoms. The van der Waals surface area contributed by atoms with Crippen LogP contribution >= 0.6 is 23.2 Å². The third-order valence-corrected chi connectivity index (χ3v) is 3.45. The monoisotopic (exact) mass is 325 g/mol. The molecule has 1 N–H and O–H groups in total. The van der Waals surface area contributed by atoms with E-state index in [1.807, 2.05) is 0 Å². The number of alkyl halides is 2. The first kappa shape index (κ1) is 15.8. The minimum absolute atomic E-state index is 0.0325. The van der Waals surface area contributed by atoms with Gasteiger partial charge in [0.2, 0.25) is 0 Å². The van der Waals surface area contributed by atoms with E-state index in [1.54, 1.807) is 12.1 Å². The van der Waals surface area contributed by atoms with Gasteiger partial charge in [-0.05, 0) is 12.1 Å². The summed E-state index contributed by atoms with van der Waals surface area (Å²) in [7, 11) is 0. The lowest BCUT2D eigenvalue weighted by Gasteiger charge is -2.27. The van der Waals surface area contributed by atoms with Crippen LogP contribution in [-0.4, -0.2) is 32.8 Å². The average molecular weight is 326 g/mol. The van der Waals surface area contributed by atoms with Crippen LogP contribution in [0.1, 0.15) is 18.0 Å². The van der Waals surface area contributed by atoms with Crippen LogP contribution in [0.4, 0.5) is 8.78 Å². The van der Waals surface area contributed by atoms with E-state index in [-0.39, 0.29) is 12.6 Å². The summed E-state index contributed by atoms with van der Waals surface area (Å²) in [6, 6.07) is 3.47. The maximum absolute atomic E-state index is 11.9. The zero-order chi connectivity index (χ0) is 14.5. The van der Waals surface area contributed by atoms with Gasteiger partial charge in [0.1, 0.15) is 12.4 Å². The van der Waals surface area contributed by atoms with Crippen LogP contribution in [0.5, 0.6) is 5.75 Å². The molecule has 0 radical (unpaired) electrons. The molecule has 0 aliphatic carbocycles. The second-order valence-corrected chi connectivity index (χ2v) is 5.26. The topological polar surface area (TPSA) is 30.5 Å². The quantitative estimate of drug-likeness (QED) is 0.809. The molecule has 0 bridgehead atoms. The Morgan fingerprint density at radius 2 is 2.20 bits per heavy atom. The van der Waals surface area contributed by atoms with Crippen molar-refractivity contribution in [3.8, 4) is 5.75 Å². The van der Waals surface area contributed by atoms with Crippen LogP contribution in [0.25, 0.3) is 0 Å². The maximum atomic E-state index is 11.9. The van der Waals surface area contributed by atoms with Gasteiger partial charge >= 0.3 is 0 Å². The fraction of sp³-hybridized carbons (Fsp3) is 0.538. The van der Waals surface area contributed by atoms with Gasteiger partial charge in [-0.15, -0.1) is 0 Å². The third-order valence-electron chi connectivity index (χ3n) is 2.95. The molecule has 7 heteroatoms. The highest BCUT2D eigenvalue weighted by Crippen LogP contribution is 2.39. The Morgan fingerprint density at radius 3 is 2.95 bits per heavy atom. The van der Waals surface area contributed by atoms with Crippen LogP contribution in [0.15, 0.2) is 12.1 Å². The Balaban J connectivity index is 1.92. The van der Waals surface area contributed by atoms with Gasteiger partial charge < -0.3 is 14.8 Å². The fourth-order valence-corrected chi connectivity index (χ4v) is 2.68. The Hall–Kier alpha value is -0.620. The number of benzene rings is 1. The van der Waals surface area contributed by atoms with Gasteiger partial charge in [-0.1, -0.05) is 23.2 Å². The lowest BCUT2D eigenvalue weighted by atomic mass is 10.0. The molecular weight excluding hydrogens is 311 g/mol. The normalized spacial score (nSPS) is 17.9. The molecule has 0 saturated heterocycles. The Kier molecular flexibility index (Phi) is 5.84. The van der Waals surface area contributed by atoms with Crippen molar-refractivity contribution < 1.29 is 18.3 Å². The number of halogens is 4. The lowest BCUT2D eigenvalue weighted by Crippen LogP contribution is -2.30. The Bertz CT molecular complexity index is 460. The van der Waals surface area contributed by atoms with Crippen molar-refractivity contribution in [3.05, 3.63) is 27.7 Å². The lowest BCUT2D eigenvalue weighted by molar-refractivity contribution is 0.0179. The molecular formula is C13H15Cl2F2NO2. The van der Waals surface area contributed by atoms with E-state index in [0.29, 0.717) is 28.9 Å². The second-order valence-electron chi connectivity index (χ2n) is 4.42. The SMILES string of the molecule is FC(F)COCCNC1CCOc2c(Cl)cc(Cl)cc21. The zero-order valence-corrected chi connectivity index (χ0v) is 12.2. The highest BCUT2D eigenvalue weighted by molar-refractivity contribution is 6.35. The molecule has 1 aliphatic heterocycles. The molecule has 3 nitrogen and oxygen atoms in total. The standard InChI is InChI=1S/C13H15Cl2F2NO2/c14-8-5-9-11(18-2-4-19-7-12(16)17)1-3-20-13(9)10(15)6-8/h5-6,11-12,18H,1-4,7H2. The van der Waals surface area contributed by atoms with Crippen LogP contribution in [0.3, 0.4) is 0 Å². The van der Waals surface area contributed by atoms with Crippen LogP contribution in [-0.2, 0) is 4.74 Å². The Labute approximate surface area is 126 Å². The molecule has 0 aromatic heterocycles. The first-order valence-corrected chi connectivity index (χ1v) is 7.04. The molecule has 1 aromatic carbocycles. The third kappa shape index (κ3) is 4.19. The minimum atomic E-state index is -2.43. The van der Waals surface area contributed by atoms with E-state index >= 15 is 0 Å². The number of fused-ring (bicyclic) bond motifs is 1. The molecule has 0 fully saturated rings. The van der Waals surface area contributed by atoms with Crippen molar-refractivity contribution in [2.75, 3.05) is 26.4 Å². The summed E-state index contributed by atoms with van der Waals surface area (Å²) >= 11 is 12.1. The van der Waals surface area contributed by atoms with E-state index in [2.05, 4.69) is 5.32 Å². The van der Waals surface area contributed by atoms with Gasteiger partial charge in [0, 0.05) is 29.6 Å². The van der Waals surface area contributed by atoms with Crippen molar-refractivity contribution in [2.24, 2.45) is 0 Å². The van der Waals surface area contributed by atoms with E-state index in [4.69, 9.17) is 32.7 Å². The smallest absolute Gasteiger partial charge is 0.261 e. The molecule has 20 heavy (non-hydrogen) atoms. The van der Waals surface area contributed by atoms with Gasteiger partial charge in [-0.3, -0.25) is 0 Å². The molecule has 2 rings (SSSR count). The predicted molar refractivity (Wildman–Crippen MR) is 74.1 cm³/mol. The van der Waals surface area contributed by atoms with Gasteiger partial charge in [-0.25, -0.2) is 8.78 Å². The zero-order valence-electron chi connectivity index (χ0n) is 10.7. The number of rotatable bonds is 6. The summed E-state index contributed by atoms with van der Waals surface area (Å²) in [5.74, 6) is 0.633. The van der Waals surface area contributed by atoms with Gasteiger partial charge in [0.15, 0.2) is 0 Å². The summed E-state index contributed by atoms with van der Waals surface area (Å²) in [6.07, 6.45) is -1.67. The second kappa shape index (κ2) is 7.41. The summed E-state index contributed by atoms with van der Waals surface area (Å²) < 4.78 is 34.2. The highest BCUT2D eigenvalue weighted by atomic mass is 35.5. The van der Waals surface area contributed by atoms with E-state index < -0.39 is 13.0 Å². The number of nitrogens with one attached hydrogen (secondary N) is 1. The van der Waals surface area contributed by atoms with Gasteiger partial charge in [0.25, 0.3) is 6.43 Å². The molecule has 1 atom stereocenters. The molecule has 0 saturated carbocycles. The first-order chi connectivity index (χ1) is 9.58. The molecule has 1 aromatic rings. The minimum Gasteiger partial charge on any atom is -0.492 e. The van der Waals surface area contributed by atoms with E-state index in [9.17, 15) is 8.78 Å². The summed E-state index contributed by atoms with van der Waals surface area (Å²) in [6.45, 7) is 0.708. The van der Waals surface area contributed by atoms with Gasteiger partial charge in [-0.2, -0.15) is 0 Å². The van der Waals surface area contributed by atoms with Crippen LogP contribution in [0, 0.1) is 0 Å². The average Bonchev–Trinajstić information content (AvgIpc) is 2.38. The number of hydrogen-bond acceptors (Lipinski definition) is 3. The van der Waals surface area contributed by atoms with Crippen molar-refractivity contribution in [1.82, 2.24) is 5.32 Å². The molecule has 1 heterocycles. The summed E-state index contributed by atoms with van der Waals surface area (Å²) in [5.41, 5.74) is 0.891. The van der Waals surface area contributed by atoms with Crippen LogP contribution < -0.4 is 10.1 Å². The maximum Gasteiger partial charge on any atom is 0.261 e. The van der Waals surface area contributed by atoms with Gasteiger partial charge in [0.05, 0.1) is 18.2 Å². The summed E-state index contributed by atoms with van der Waals surface area (Å²) in [5, 5.41) is 4.26. The molecule has 1 aliphatic rings. The number of hydrogen-bond donors (Lipinski definition) is 1. The first-order valence-electron chi connectivity index (χ1n) is 6.29. The molecule has 0 amide bonds. The van der Waals surface area contributed by atoms with Crippen molar-refractivity contribution in [2.45, 2.75) is 18.9 Å². The Morgan fingerprint density at radius 1 is 1.40 bits per heavy atom. The fourth-order valence-electron chi connectivity index (χ4n) is 2.12.